The molecule has 0 aromatic heterocycles. The molecule has 4 aliphatic rings. The predicted molar refractivity (Wildman–Crippen MR) is 123 cm³/mol. The molecule has 0 saturated carbocycles. The first-order valence-electron chi connectivity index (χ1n) is 11.1. The minimum absolute atomic E-state index is 0.0929. The summed E-state index contributed by atoms with van der Waals surface area (Å²) in [5.41, 5.74) is 0.706. The largest absolute Gasteiger partial charge is 0.497 e. The first-order chi connectivity index (χ1) is 16.0. The number of carbonyl (C=O) groups is 3. The van der Waals surface area contributed by atoms with E-state index in [1.807, 2.05) is 36.4 Å². The number of anilines is 1. The summed E-state index contributed by atoms with van der Waals surface area (Å²) < 4.78 is 9.72. The summed E-state index contributed by atoms with van der Waals surface area (Å²) >= 11 is 1.51. The van der Waals surface area contributed by atoms with Crippen molar-refractivity contribution in [3.63, 3.8) is 0 Å². The number of amides is 2. The molecule has 1 N–H and O–H groups in total. The average Bonchev–Trinajstić information content (AvgIpc) is 3.12. The fourth-order valence-electron chi connectivity index (χ4n) is 5.44. The highest BCUT2D eigenvalue weighted by Gasteiger charge is 2.71. The van der Waals surface area contributed by atoms with Gasteiger partial charge in [-0.25, -0.2) is 0 Å². The molecule has 4 aliphatic heterocycles. The van der Waals surface area contributed by atoms with Gasteiger partial charge < -0.3 is 24.4 Å². The zero-order chi connectivity index (χ0) is 23.2. The fourth-order valence-corrected chi connectivity index (χ4v) is 7.45. The van der Waals surface area contributed by atoms with Crippen LogP contribution in [0, 0.1) is 11.8 Å². The summed E-state index contributed by atoms with van der Waals surface area (Å²) in [6, 6.07) is 6.45. The first-order valence-corrected chi connectivity index (χ1v) is 12.0. The van der Waals surface area contributed by atoms with Crippen molar-refractivity contribution < 1.29 is 29.0 Å². The third kappa shape index (κ3) is 3.36. The zero-order valence-corrected chi connectivity index (χ0v) is 19.1. The molecule has 1 spiro atoms. The highest BCUT2D eigenvalue weighted by molar-refractivity contribution is 8.02. The second-order valence-corrected chi connectivity index (χ2v) is 10.0. The lowest BCUT2D eigenvalue weighted by molar-refractivity contribution is -0.151. The third-order valence-electron chi connectivity index (χ3n) is 6.85. The maximum Gasteiger partial charge on any atom is 0.311 e. The summed E-state index contributed by atoms with van der Waals surface area (Å²) in [5, 5.41) is 9.20. The molecule has 1 aromatic carbocycles. The Morgan fingerprint density at radius 2 is 1.97 bits per heavy atom. The Balaban J connectivity index is 1.58. The summed E-state index contributed by atoms with van der Waals surface area (Å²) in [6.07, 6.45) is 7.97. The van der Waals surface area contributed by atoms with Gasteiger partial charge in [0.25, 0.3) is 5.91 Å². The van der Waals surface area contributed by atoms with Gasteiger partial charge in [-0.05, 0) is 30.7 Å². The molecule has 1 unspecified atom stereocenters. The van der Waals surface area contributed by atoms with Crippen molar-refractivity contribution >= 4 is 35.2 Å². The number of esters is 1. The minimum Gasteiger partial charge on any atom is -0.497 e. The van der Waals surface area contributed by atoms with Crippen LogP contribution < -0.4 is 9.64 Å². The van der Waals surface area contributed by atoms with Crippen molar-refractivity contribution in [2.24, 2.45) is 11.8 Å². The highest BCUT2D eigenvalue weighted by atomic mass is 32.2. The molecular weight excluding hydrogens is 444 g/mol. The SMILES string of the molecule is COc1ccc(N2CC=C[C@]34S[C@@H]5C=CCOC(=O)[C@@H]5[C@H]3C(=O)N(CCCO)C4C2=O)cc1. The molecule has 174 valence electrons. The number of hydrogen-bond donors (Lipinski definition) is 1. The number of rotatable bonds is 5. The first kappa shape index (κ1) is 22.0. The van der Waals surface area contributed by atoms with Gasteiger partial charge in [-0.3, -0.25) is 14.4 Å². The maximum atomic E-state index is 14.0. The van der Waals surface area contributed by atoms with E-state index in [2.05, 4.69) is 0 Å². The lowest BCUT2D eigenvalue weighted by Gasteiger charge is -2.35. The number of nitrogens with zero attached hydrogens (tertiary/aromatic N) is 2. The monoisotopic (exact) mass is 470 g/mol. The van der Waals surface area contributed by atoms with Crippen LogP contribution in [0.3, 0.4) is 0 Å². The summed E-state index contributed by atoms with van der Waals surface area (Å²) in [4.78, 5) is 43.9. The summed E-state index contributed by atoms with van der Waals surface area (Å²) in [6.45, 7) is 0.702. The Bertz CT molecular complexity index is 1020. The smallest absolute Gasteiger partial charge is 0.311 e. The van der Waals surface area contributed by atoms with Crippen LogP contribution in [0.5, 0.6) is 5.75 Å². The fraction of sp³-hybridized carbons (Fsp3) is 0.458. The van der Waals surface area contributed by atoms with E-state index in [4.69, 9.17) is 9.47 Å². The number of ether oxygens (including phenoxy) is 2. The van der Waals surface area contributed by atoms with E-state index in [0.717, 1.165) is 0 Å². The lowest BCUT2D eigenvalue weighted by Crippen LogP contribution is -2.53. The molecule has 2 amide bonds. The molecule has 0 aliphatic carbocycles. The number of benzene rings is 1. The molecule has 1 aromatic rings. The van der Waals surface area contributed by atoms with Gasteiger partial charge in [-0.15, -0.1) is 11.8 Å². The predicted octanol–water partition coefficient (Wildman–Crippen LogP) is 1.39. The van der Waals surface area contributed by atoms with Gasteiger partial charge in [0.2, 0.25) is 5.91 Å². The Kier molecular flexibility index (Phi) is 5.70. The lowest BCUT2D eigenvalue weighted by atomic mass is 9.78. The van der Waals surface area contributed by atoms with Gasteiger partial charge in [0.15, 0.2) is 0 Å². The van der Waals surface area contributed by atoms with Crippen molar-refractivity contribution in [2.75, 3.05) is 38.3 Å². The Morgan fingerprint density at radius 3 is 2.70 bits per heavy atom. The number of aliphatic hydroxyl groups excluding tert-OH is 1. The van der Waals surface area contributed by atoms with Crippen LogP contribution >= 0.6 is 11.8 Å². The van der Waals surface area contributed by atoms with Crippen LogP contribution in [-0.2, 0) is 19.1 Å². The van der Waals surface area contributed by atoms with E-state index < -0.39 is 28.6 Å². The second kappa shape index (κ2) is 8.53. The molecular formula is C24H26N2O6S. The van der Waals surface area contributed by atoms with Crippen molar-refractivity contribution in [2.45, 2.75) is 22.5 Å². The zero-order valence-electron chi connectivity index (χ0n) is 18.3. The number of likely N-dealkylation sites (tertiary alicyclic amines) is 1. The normalized spacial score (nSPS) is 32.7. The molecule has 33 heavy (non-hydrogen) atoms. The number of carbonyl (C=O) groups excluding carboxylic acids is 3. The van der Waals surface area contributed by atoms with E-state index in [1.54, 1.807) is 29.0 Å². The topological polar surface area (TPSA) is 96.4 Å². The Morgan fingerprint density at radius 1 is 1.18 bits per heavy atom. The van der Waals surface area contributed by atoms with Gasteiger partial charge in [0.1, 0.15) is 18.4 Å². The van der Waals surface area contributed by atoms with Gasteiger partial charge in [-0.2, -0.15) is 0 Å². The number of methoxy groups -OCH3 is 1. The molecule has 2 fully saturated rings. The van der Waals surface area contributed by atoms with Crippen molar-refractivity contribution in [3.05, 3.63) is 48.6 Å². The molecule has 0 bridgehead atoms. The highest BCUT2D eigenvalue weighted by Crippen LogP contribution is 2.61. The van der Waals surface area contributed by atoms with E-state index in [0.29, 0.717) is 24.4 Å². The van der Waals surface area contributed by atoms with Crippen LogP contribution in [0.1, 0.15) is 6.42 Å². The van der Waals surface area contributed by atoms with Gasteiger partial charge >= 0.3 is 5.97 Å². The van der Waals surface area contributed by atoms with Crippen LogP contribution in [-0.4, -0.2) is 77.2 Å². The van der Waals surface area contributed by atoms with Crippen molar-refractivity contribution in [3.8, 4) is 5.75 Å². The van der Waals surface area contributed by atoms with Gasteiger partial charge in [0.05, 0.1) is 23.7 Å². The van der Waals surface area contributed by atoms with Gasteiger partial charge in [-0.1, -0.05) is 24.3 Å². The number of cyclic esters (lactones) is 1. The number of hydrogen-bond acceptors (Lipinski definition) is 7. The summed E-state index contributed by atoms with van der Waals surface area (Å²) in [5.74, 6) is -1.47. The van der Waals surface area contributed by atoms with E-state index in [1.165, 1.54) is 11.8 Å². The standard InChI is InChI=1S/C24H26N2O6S/c1-31-16-8-6-15(7-9-16)25-11-3-10-24-19(18-17(33-24)5-2-14-32-23(18)30)21(28)26(12-4-13-27)20(24)22(25)29/h2-3,5-10,17-20,27H,4,11-14H2,1H3/t17-,18+,19+,20?,24+/m1/s1. The third-order valence-corrected chi connectivity index (χ3v) is 8.60. The van der Waals surface area contributed by atoms with Crippen molar-refractivity contribution in [1.29, 1.82) is 0 Å². The number of aliphatic hydroxyl groups is 1. The molecule has 2 saturated heterocycles. The molecule has 8 nitrogen and oxygen atoms in total. The van der Waals surface area contributed by atoms with E-state index in [9.17, 15) is 19.5 Å². The Hall–Kier alpha value is -2.78. The van der Waals surface area contributed by atoms with Crippen LogP contribution in [0.2, 0.25) is 0 Å². The van der Waals surface area contributed by atoms with E-state index in [-0.39, 0.29) is 36.8 Å². The maximum absolute atomic E-state index is 14.0. The molecule has 0 radical (unpaired) electrons. The minimum atomic E-state index is -0.874. The molecule has 5 rings (SSSR count). The number of thioether (sulfide) groups is 1. The molecule has 5 atom stereocenters. The Labute approximate surface area is 196 Å². The average molecular weight is 471 g/mol. The van der Waals surface area contributed by atoms with Gasteiger partial charge in [0, 0.05) is 30.6 Å². The van der Waals surface area contributed by atoms with Crippen LogP contribution in [0.4, 0.5) is 5.69 Å². The number of fused-ring (bicyclic) bond motifs is 2. The quantitative estimate of drug-likeness (QED) is 0.513. The van der Waals surface area contributed by atoms with Crippen LogP contribution in [0.25, 0.3) is 0 Å². The van der Waals surface area contributed by atoms with Crippen molar-refractivity contribution in [1.82, 2.24) is 4.90 Å². The van der Waals surface area contributed by atoms with Crippen LogP contribution in [0.15, 0.2) is 48.6 Å². The molecule has 4 heterocycles. The second-order valence-electron chi connectivity index (χ2n) is 8.56. The van der Waals surface area contributed by atoms with E-state index >= 15 is 0 Å². The molecule has 9 heteroatoms. The summed E-state index contributed by atoms with van der Waals surface area (Å²) in [7, 11) is 1.58.